The number of hydrogen-bond donors (Lipinski definition) is 1. The monoisotopic (exact) mass is 405 g/mol. The standard InChI is InChI=1S/C18H10F3N3OS2/c19-18(20,21)12-3-1-4-13(8-12)23-16(25)11(9-22)7-14-10-27-17(24-14)15-5-2-6-26-15/h1-8,10H,(H,23,25). The Morgan fingerprint density at radius 2 is 2.04 bits per heavy atom. The Morgan fingerprint density at radius 1 is 1.22 bits per heavy atom. The molecule has 1 amide bonds. The maximum Gasteiger partial charge on any atom is 0.416 e. The number of thiophene rings is 1. The fraction of sp³-hybridized carbons (Fsp3) is 0.0556. The van der Waals surface area contributed by atoms with Crippen molar-refractivity contribution in [2.45, 2.75) is 6.18 Å². The SMILES string of the molecule is N#CC(=Cc1csc(-c2cccs2)n1)C(=O)Nc1cccc(C(F)(F)F)c1. The van der Waals surface area contributed by atoms with Crippen LogP contribution in [0.15, 0.2) is 52.7 Å². The van der Waals surface area contributed by atoms with Crippen LogP contribution in [0, 0.1) is 11.3 Å². The number of thiazole rings is 1. The maximum absolute atomic E-state index is 12.8. The van der Waals surface area contributed by atoms with E-state index in [1.807, 2.05) is 17.5 Å². The predicted octanol–water partition coefficient (Wildman–Crippen LogP) is 5.44. The van der Waals surface area contributed by atoms with E-state index in [-0.39, 0.29) is 11.3 Å². The number of nitrogens with one attached hydrogen (secondary N) is 1. The molecule has 3 rings (SSSR count). The molecule has 0 unspecified atom stereocenters. The highest BCUT2D eigenvalue weighted by Crippen LogP contribution is 2.31. The van der Waals surface area contributed by atoms with E-state index < -0.39 is 17.6 Å². The lowest BCUT2D eigenvalue weighted by Crippen LogP contribution is -2.14. The summed E-state index contributed by atoms with van der Waals surface area (Å²) < 4.78 is 38.3. The molecule has 1 N–H and O–H groups in total. The highest BCUT2D eigenvalue weighted by atomic mass is 32.1. The Kier molecular flexibility index (Phi) is 5.39. The van der Waals surface area contributed by atoms with Crippen LogP contribution in [0.1, 0.15) is 11.3 Å². The van der Waals surface area contributed by atoms with Crippen LogP contribution in [-0.4, -0.2) is 10.9 Å². The molecule has 2 heterocycles. The molecule has 0 atom stereocenters. The predicted molar refractivity (Wildman–Crippen MR) is 99.1 cm³/mol. The van der Waals surface area contributed by atoms with Gasteiger partial charge in [0.05, 0.1) is 16.1 Å². The minimum Gasteiger partial charge on any atom is -0.321 e. The van der Waals surface area contributed by atoms with Crippen LogP contribution in [0.25, 0.3) is 16.0 Å². The molecule has 1 aromatic carbocycles. The van der Waals surface area contributed by atoms with Gasteiger partial charge in [-0.3, -0.25) is 4.79 Å². The maximum atomic E-state index is 12.8. The first-order chi connectivity index (χ1) is 12.9. The third-order valence-electron chi connectivity index (χ3n) is 3.36. The van der Waals surface area contributed by atoms with Crippen LogP contribution in [-0.2, 0) is 11.0 Å². The van der Waals surface area contributed by atoms with E-state index >= 15 is 0 Å². The average Bonchev–Trinajstić information content (AvgIpc) is 3.30. The number of nitrogens with zero attached hydrogens (tertiary/aromatic N) is 2. The van der Waals surface area contributed by atoms with E-state index in [9.17, 15) is 23.2 Å². The number of amides is 1. The van der Waals surface area contributed by atoms with Gasteiger partial charge in [0.15, 0.2) is 0 Å². The molecule has 3 aromatic rings. The summed E-state index contributed by atoms with van der Waals surface area (Å²) in [6.07, 6.45) is -3.22. The molecule has 0 aliphatic carbocycles. The summed E-state index contributed by atoms with van der Waals surface area (Å²) in [6, 6.07) is 9.76. The van der Waals surface area contributed by atoms with Crippen LogP contribution in [0.4, 0.5) is 18.9 Å². The van der Waals surface area contributed by atoms with Gasteiger partial charge in [-0.2, -0.15) is 18.4 Å². The van der Waals surface area contributed by atoms with Gasteiger partial charge in [-0.15, -0.1) is 22.7 Å². The van der Waals surface area contributed by atoms with Gasteiger partial charge in [0.25, 0.3) is 5.91 Å². The normalized spacial score (nSPS) is 11.9. The number of anilines is 1. The molecule has 2 aromatic heterocycles. The molecular weight excluding hydrogens is 395 g/mol. The summed E-state index contributed by atoms with van der Waals surface area (Å²) in [6.45, 7) is 0. The molecule has 4 nitrogen and oxygen atoms in total. The Morgan fingerprint density at radius 3 is 2.70 bits per heavy atom. The van der Waals surface area contributed by atoms with Crippen molar-refractivity contribution in [1.82, 2.24) is 4.98 Å². The third kappa shape index (κ3) is 4.61. The number of nitriles is 1. The van der Waals surface area contributed by atoms with Gasteiger partial charge in [-0.05, 0) is 35.7 Å². The Bertz CT molecular complexity index is 1030. The lowest BCUT2D eigenvalue weighted by molar-refractivity contribution is -0.137. The Hall–Kier alpha value is -2.96. The van der Waals surface area contributed by atoms with Gasteiger partial charge in [-0.25, -0.2) is 4.98 Å². The van der Waals surface area contributed by atoms with Gasteiger partial charge >= 0.3 is 6.18 Å². The molecule has 0 fully saturated rings. The van der Waals surface area contributed by atoms with Crippen molar-refractivity contribution in [2.75, 3.05) is 5.32 Å². The van der Waals surface area contributed by atoms with Gasteiger partial charge in [0.2, 0.25) is 0 Å². The first-order valence-electron chi connectivity index (χ1n) is 7.46. The van der Waals surface area contributed by atoms with E-state index in [2.05, 4.69) is 10.3 Å². The van der Waals surface area contributed by atoms with Crippen molar-refractivity contribution in [3.05, 3.63) is 64.0 Å². The van der Waals surface area contributed by atoms with Crippen LogP contribution in [0.3, 0.4) is 0 Å². The number of carbonyl (C=O) groups excluding carboxylic acids is 1. The van der Waals surface area contributed by atoms with Crippen molar-refractivity contribution >= 4 is 40.3 Å². The molecule has 0 aliphatic rings. The van der Waals surface area contributed by atoms with Crippen molar-refractivity contribution in [2.24, 2.45) is 0 Å². The molecule has 9 heteroatoms. The molecular formula is C18H10F3N3OS2. The van der Waals surface area contributed by atoms with Crippen LogP contribution in [0.5, 0.6) is 0 Å². The van der Waals surface area contributed by atoms with E-state index in [1.165, 1.54) is 40.9 Å². The largest absolute Gasteiger partial charge is 0.416 e. The van der Waals surface area contributed by atoms with Gasteiger partial charge < -0.3 is 5.32 Å². The quantitative estimate of drug-likeness (QED) is 0.465. The molecule has 27 heavy (non-hydrogen) atoms. The summed E-state index contributed by atoms with van der Waals surface area (Å²) >= 11 is 2.89. The number of halogens is 3. The summed E-state index contributed by atoms with van der Waals surface area (Å²) in [7, 11) is 0. The second-order valence-corrected chi connectivity index (χ2v) is 7.06. The van der Waals surface area contributed by atoms with Crippen molar-refractivity contribution in [1.29, 1.82) is 5.26 Å². The van der Waals surface area contributed by atoms with E-state index in [0.717, 1.165) is 22.0 Å². The van der Waals surface area contributed by atoms with Crippen LogP contribution >= 0.6 is 22.7 Å². The number of benzene rings is 1. The van der Waals surface area contributed by atoms with Crippen molar-refractivity contribution < 1.29 is 18.0 Å². The average molecular weight is 405 g/mol. The number of aromatic nitrogens is 1. The minimum absolute atomic E-state index is 0.0477. The Labute approximate surface area is 160 Å². The zero-order valence-electron chi connectivity index (χ0n) is 13.4. The summed E-state index contributed by atoms with van der Waals surface area (Å²) in [5.41, 5.74) is -0.758. The Balaban J connectivity index is 1.79. The first-order valence-corrected chi connectivity index (χ1v) is 9.22. The minimum atomic E-state index is -4.52. The van der Waals surface area contributed by atoms with E-state index in [4.69, 9.17) is 0 Å². The van der Waals surface area contributed by atoms with Crippen molar-refractivity contribution in [3.8, 4) is 16.0 Å². The van der Waals surface area contributed by atoms with E-state index in [0.29, 0.717) is 5.69 Å². The fourth-order valence-electron chi connectivity index (χ4n) is 2.13. The molecule has 0 radical (unpaired) electrons. The van der Waals surface area contributed by atoms with Gasteiger partial charge in [0, 0.05) is 11.1 Å². The van der Waals surface area contributed by atoms with Gasteiger partial charge in [-0.1, -0.05) is 12.1 Å². The smallest absolute Gasteiger partial charge is 0.321 e. The summed E-state index contributed by atoms with van der Waals surface area (Å²) in [4.78, 5) is 17.6. The van der Waals surface area contributed by atoms with E-state index in [1.54, 1.807) is 11.4 Å². The number of carbonyl (C=O) groups is 1. The zero-order valence-corrected chi connectivity index (χ0v) is 15.1. The molecule has 0 saturated carbocycles. The van der Waals surface area contributed by atoms with Crippen molar-refractivity contribution in [3.63, 3.8) is 0 Å². The molecule has 0 aliphatic heterocycles. The fourth-order valence-corrected chi connectivity index (χ4v) is 3.73. The van der Waals surface area contributed by atoms with Crippen LogP contribution in [0.2, 0.25) is 0 Å². The number of alkyl halides is 3. The zero-order chi connectivity index (χ0) is 19.4. The summed E-state index contributed by atoms with van der Waals surface area (Å²) in [5.74, 6) is -0.803. The highest BCUT2D eigenvalue weighted by Gasteiger charge is 2.30. The third-order valence-corrected chi connectivity index (χ3v) is 5.26. The molecule has 0 bridgehead atoms. The first kappa shape index (κ1) is 18.8. The highest BCUT2D eigenvalue weighted by molar-refractivity contribution is 7.20. The molecule has 136 valence electrons. The molecule has 0 spiro atoms. The second kappa shape index (κ2) is 7.73. The lowest BCUT2D eigenvalue weighted by atomic mass is 10.1. The topological polar surface area (TPSA) is 65.8 Å². The van der Waals surface area contributed by atoms with Gasteiger partial charge in [0.1, 0.15) is 16.6 Å². The molecule has 0 saturated heterocycles. The number of rotatable bonds is 4. The number of hydrogen-bond acceptors (Lipinski definition) is 5. The van der Waals surface area contributed by atoms with Crippen LogP contribution < -0.4 is 5.32 Å². The lowest BCUT2D eigenvalue weighted by Gasteiger charge is -2.09. The second-order valence-electron chi connectivity index (χ2n) is 5.26. The summed E-state index contributed by atoms with van der Waals surface area (Å²) in [5, 5.41) is 15.9.